The SMILES string of the molecule is CC1(C(F)(F)F)CC(OC(=O)C(C)(I)C23NI2N3)(C(F)(F)F)CC(O)(C(F)(F)F)O1. The molecule has 176 valence electrons. The van der Waals surface area contributed by atoms with Crippen molar-refractivity contribution in [2.75, 3.05) is 0 Å². The van der Waals surface area contributed by atoms with E-state index >= 15 is 0 Å². The van der Waals surface area contributed by atoms with Crippen LogP contribution in [0.4, 0.5) is 39.5 Å². The molecule has 4 atom stereocenters. The average molecular weight is 686 g/mol. The summed E-state index contributed by atoms with van der Waals surface area (Å²) in [5.74, 6) is -6.55. The van der Waals surface area contributed by atoms with Crippen molar-refractivity contribution >= 4 is 48.9 Å². The number of fused-ring (bicyclic) bond motifs is 1. The van der Waals surface area contributed by atoms with Gasteiger partial charge < -0.3 is 0 Å². The molecule has 3 heterocycles. The van der Waals surface area contributed by atoms with Crippen LogP contribution in [0.3, 0.4) is 0 Å². The van der Waals surface area contributed by atoms with Gasteiger partial charge in [-0.3, -0.25) is 0 Å². The summed E-state index contributed by atoms with van der Waals surface area (Å²) in [6.07, 6.45) is -22.4. The summed E-state index contributed by atoms with van der Waals surface area (Å²) in [6, 6.07) is 0. The fourth-order valence-corrected chi connectivity index (χ4v) is 10.8. The van der Waals surface area contributed by atoms with Crippen LogP contribution in [0.1, 0.15) is 26.7 Å². The second-order valence-electron chi connectivity index (χ2n) is 7.48. The zero-order valence-electron chi connectivity index (χ0n) is 14.7. The molecule has 17 heteroatoms. The first-order chi connectivity index (χ1) is 13.1. The molecule has 0 aromatic carbocycles. The Labute approximate surface area is 183 Å². The molecule has 0 aromatic rings. The molecule has 3 fully saturated rings. The number of rotatable bonds is 3. The number of alkyl halides is 11. The van der Waals surface area contributed by atoms with E-state index in [9.17, 15) is 49.4 Å². The maximum absolute atomic E-state index is 13.9. The van der Waals surface area contributed by atoms with E-state index in [0.717, 1.165) is 6.92 Å². The van der Waals surface area contributed by atoms with Gasteiger partial charge in [0.25, 0.3) is 0 Å². The van der Waals surface area contributed by atoms with E-state index in [2.05, 4.69) is 16.5 Å². The Morgan fingerprint density at radius 1 is 1.03 bits per heavy atom. The molecule has 0 bridgehead atoms. The molecule has 0 saturated carbocycles. The minimum atomic E-state index is -6.05. The van der Waals surface area contributed by atoms with Crippen molar-refractivity contribution in [2.45, 2.75) is 69.3 Å². The molecule has 3 rings (SSSR count). The zero-order valence-corrected chi connectivity index (χ0v) is 19.1. The Balaban J connectivity index is 2.07. The summed E-state index contributed by atoms with van der Waals surface area (Å²) in [4.78, 5) is 12.6. The summed E-state index contributed by atoms with van der Waals surface area (Å²) >= 11 is -0.535. The van der Waals surface area contributed by atoms with Gasteiger partial charge in [-0.15, -0.1) is 0 Å². The molecule has 3 saturated heterocycles. The molecule has 0 aliphatic carbocycles. The molecule has 0 spiro atoms. The monoisotopic (exact) mass is 686 g/mol. The van der Waals surface area contributed by atoms with Gasteiger partial charge in [-0.25, -0.2) is 0 Å². The maximum atomic E-state index is 13.9. The Bertz CT molecular complexity index is 737. The Morgan fingerprint density at radius 3 is 1.83 bits per heavy atom. The molecule has 3 N–H and O–H groups in total. The average Bonchev–Trinajstić information content (AvgIpc) is 3.31. The van der Waals surface area contributed by atoms with Crippen LogP contribution in [0.2, 0.25) is 0 Å². The van der Waals surface area contributed by atoms with Crippen molar-refractivity contribution < 1.29 is 58.9 Å². The molecule has 3 aliphatic heterocycles. The van der Waals surface area contributed by atoms with Crippen LogP contribution < -0.4 is 7.06 Å². The van der Waals surface area contributed by atoms with Crippen molar-refractivity contribution in [3.63, 3.8) is 0 Å². The number of carbonyl (C=O) groups is 1. The van der Waals surface area contributed by atoms with Gasteiger partial charge in [0.1, 0.15) is 0 Å². The van der Waals surface area contributed by atoms with Gasteiger partial charge in [-0.1, -0.05) is 0 Å². The normalized spacial score (nSPS) is 39.0. The summed E-state index contributed by atoms with van der Waals surface area (Å²) in [6.45, 7) is 1.07. The summed E-state index contributed by atoms with van der Waals surface area (Å²) in [7, 11) is 0. The van der Waals surface area contributed by atoms with Crippen LogP contribution in [-0.2, 0) is 14.3 Å². The molecule has 3 aliphatic rings. The molecule has 0 radical (unpaired) electrons. The molecule has 4 unspecified atom stereocenters. The minimum absolute atomic E-state index is 0.0755. The van der Waals surface area contributed by atoms with Gasteiger partial charge in [-0.05, 0) is 0 Å². The predicted molar refractivity (Wildman–Crippen MR) is 96.1 cm³/mol. The second kappa shape index (κ2) is 6.38. The van der Waals surface area contributed by atoms with Crippen LogP contribution in [0.15, 0.2) is 0 Å². The van der Waals surface area contributed by atoms with Crippen LogP contribution in [0, 0.1) is 0 Å². The van der Waals surface area contributed by atoms with E-state index in [0.29, 0.717) is 0 Å². The number of aliphatic hydroxyl groups is 1. The first-order valence-electron chi connectivity index (χ1n) is 7.87. The third kappa shape index (κ3) is 3.48. The first-order valence-corrected chi connectivity index (χ1v) is 12.2. The van der Waals surface area contributed by atoms with Gasteiger partial charge in [0.15, 0.2) is 0 Å². The fraction of sp³-hybridized carbons (Fsp3) is 0.923. The zero-order chi connectivity index (χ0) is 23.4. The van der Waals surface area contributed by atoms with E-state index in [-0.39, 0.29) is 6.92 Å². The third-order valence-electron chi connectivity index (χ3n) is 5.08. The van der Waals surface area contributed by atoms with Gasteiger partial charge >= 0.3 is 184 Å². The number of hydrogen-bond donors (Lipinski definition) is 3. The van der Waals surface area contributed by atoms with Crippen LogP contribution >= 0.6 is 43.0 Å². The molecular formula is C13H13F9I2N2O4. The fourth-order valence-electron chi connectivity index (χ4n) is 3.08. The van der Waals surface area contributed by atoms with Crippen LogP contribution in [0.25, 0.3) is 0 Å². The van der Waals surface area contributed by atoms with Crippen molar-refractivity contribution in [3.05, 3.63) is 0 Å². The molecule has 0 aromatic heterocycles. The number of halogens is 11. The van der Waals surface area contributed by atoms with Crippen LogP contribution in [-0.4, -0.2) is 53.7 Å². The van der Waals surface area contributed by atoms with E-state index in [1.54, 1.807) is 0 Å². The summed E-state index contributed by atoms with van der Waals surface area (Å²) in [5.41, 5.74) is -8.44. The number of esters is 1. The number of hydrogen-bond acceptors (Lipinski definition) is 6. The summed E-state index contributed by atoms with van der Waals surface area (Å²) < 4.78 is 133. The molecule has 0 amide bonds. The topological polar surface area (TPSA) is 99.6 Å². The van der Waals surface area contributed by atoms with Gasteiger partial charge in [0.05, 0.1) is 0 Å². The van der Waals surface area contributed by atoms with Crippen LogP contribution in [0.5, 0.6) is 0 Å². The number of carbonyl (C=O) groups excluding carboxylic acids is 1. The van der Waals surface area contributed by atoms with Crippen molar-refractivity contribution in [1.82, 2.24) is 7.06 Å². The second-order valence-corrected chi connectivity index (χ2v) is 14.0. The number of ether oxygens (including phenoxy) is 2. The van der Waals surface area contributed by atoms with Crippen molar-refractivity contribution in [2.24, 2.45) is 0 Å². The van der Waals surface area contributed by atoms with E-state index in [4.69, 9.17) is 0 Å². The Kier molecular flexibility index (Phi) is 5.27. The van der Waals surface area contributed by atoms with Gasteiger partial charge in [-0.2, -0.15) is 0 Å². The van der Waals surface area contributed by atoms with Gasteiger partial charge in [0.2, 0.25) is 0 Å². The van der Waals surface area contributed by atoms with E-state index in [1.807, 2.05) is 0 Å². The van der Waals surface area contributed by atoms with Crippen molar-refractivity contribution in [1.29, 1.82) is 0 Å². The molecule has 30 heavy (non-hydrogen) atoms. The Hall–Kier alpha value is 0.140. The van der Waals surface area contributed by atoms with E-state index < -0.39 is 81.8 Å². The quantitative estimate of drug-likeness (QED) is 0.0800. The standard InChI is InChI=1S/C13H13F9I2N2O4/c1-6(10(14,15)16)3-8(11(17,18)19,4-9(28,30-6)12(20,21)22)29-5(27)7(2,23)13-24(25-13)26-13/h25-26,28H,3-4H2,1-2H3. The van der Waals surface area contributed by atoms with E-state index in [1.165, 1.54) is 22.6 Å². The first kappa shape index (κ1) is 24.8. The predicted octanol–water partition coefficient (Wildman–Crippen LogP) is 3.60. The molecular weight excluding hydrogens is 673 g/mol. The van der Waals surface area contributed by atoms with Gasteiger partial charge in [0, 0.05) is 0 Å². The third-order valence-corrected chi connectivity index (χ3v) is 12.2. The molecule has 6 nitrogen and oxygen atoms in total. The number of nitrogens with one attached hydrogen (secondary N) is 2. The Morgan fingerprint density at radius 2 is 1.50 bits per heavy atom. The van der Waals surface area contributed by atoms with Crippen molar-refractivity contribution in [3.8, 4) is 0 Å². The summed E-state index contributed by atoms with van der Waals surface area (Å²) in [5, 5.41) is 9.74.